The molecule has 0 aromatic rings. The van der Waals surface area contributed by atoms with Gasteiger partial charge in [-0.25, -0.2) is 4.79 Å². The Morgan fingerprint density at radius 1 is 1.05 bits per heavy atom. The van der Waals surface area contributed by atoms with Crippen molar-refractivity contribution in [3.05, 3.63) is 12.2 Å². The molecule has 1 fully saturated rings. The maximum atomic E-state index is 12.8. The first-order valence-electron chi connectivity index (χ1n) is 14.6. The second-order valence-electron chi connectivity index (χ2n) is 11.1. The number of methoxy groups -OCH3 is 1. The molecule has 236 valence electrons. The number of carbonyl (C=O) groups is 4. The van der Waals surface area contributed by atoms with Crippen molar-refractivity contribution >= 4 is 24.3 Å². The number of aliphatic hydroxyl groups is 3. The van der Waals surface area contributed by atoms with Crippen LogP contribution in [0.5, 0.6) is 0 Å². The van der Waals surface area contributed by atoms with Crippen LogP contribution in [-0.4, -0.2) is 96.4 Å². The zero-order valence-electron chi connectivity index (χ0n) is 24.9. The monoisotopic (exact) mass is 586 g/mol. The summed E-state index contributed by atoms with van der Waals surface area (Å²) in [6.45, 7) is 5.67. The van der Waals surface area contributed by atoms with Gasteiger partial charge in [0, 0.05) is 12.5 Å². The number of amides is 2. The van der Waals surface area contributed by atoms with Crippen LogP contribution in [0.1, 0.15) is 85.0 Å². The van der Waals surface area contributed by atoms with E-state index in [4.69, 9.17) is 14.2 Å². The molecular weight excluding hydrogens is 536 g/mol. The Kier molecular flexibility index (Phi) is 17.4. The van der Waals surface area contributed by atoms with Crippen LogP contribution < -0.4 is 10.6 Å². The lowest BCUT2D eigenvalue weighted by atomic mass is 9.93. The quantitative estimate of drug-likeness (QED) is 0.0649. The van der Waals surface area contributed by atoms with Crippen molar-refractivity contribution in [2.24, 2.45) is 5.41 Å². The Bertz CT molecular complexity index is 834. The molecular formula is C29H50N2O10. The fraction of sp³-hybridized carbons (Fsp3) is 0.793. The SMILES string of the molecule is CCCCCCCCCCOC(=O)O[C@@H]1CC[C@H](NC(=O)[C@H](OC)[C@H](O)[C@@H](O)[C@H](O)/C=C/C(C)(C)C=O)C(=O)NC1. The van der Waals surface area contributed by atoms with Gasteiger partial charge in [-0.2, -0.15) is 0 Å². The van der Waals surface area contributed by atoms with Gasteiger partial charge in [0.2, 0.25) is 5.91 Å². The number of rotatable bonds is 19. The van der Waals surface area contributed by atoms with Crippen molar-refractivity contribution in [1.29, 1.82) is 0 Å². The zero-order chi connectivity index (χ0) is 30.8. The maximum Gasteiger partial charge on any atom is 0.508 e. The molecule has 1 rings (SSSR count). The molecule has 0 radical (unpaired) electrons. The third-order valence-electron chi connectivity index (χ3n) is 6.94. The number of aldehydes is 1. The van der Waals surface area contributed by atoms with E-state index in [0.717, 1.165) is 32.4 Å². The maximum absolute atomic E-state index is 12.8. The van der Waals surface area contributed by atoms with Gasteiger partial charge in [0.15, 0.2) is 6.10 Å². The van der Waals surface area contributed by atoms with E-state index in [-0.39, 0.29) is 26.0 Å². The molecule has 0 saturated carbocycles. The van der Waals surface area contributed by atoms with Crippen molar-refractivity contribution in [3.63, 3.8) is 0 Å². The van der Waals surface area contributed by atoms with Crippen LogP contribution in [0.2, 0.25) is 0 Å². The Morgan fingerprint density at radius 3 is 2.29 bits per heavy atom. The van der Waals surface area contributed by atoms with Gasteiger partial charge in [-0.1, -0.05) is 64.0 Å². The summed E-state index contributed by atoms with van der Waals surface area (Å²) in [6, 6.07) is -1.01. The summed E-state index contributed by atoms with van der Waals surface area (Å²) in [7, 11) is 1.13. The van der Waals surface area contributed by atoms with Crippen LogP contribution in [0.3, 0.4) is 0 Å². The normalized spacial score (nSPS) is 20.8. The molecule has 1 aliphatic rings. The molecule has 0 bridgehead atoms. The van der Waals surface area contributed by atoms with E-state index in [9.17, 15) is 34.5 Å². The fourth-order valence-corrected chi connectivity index (χ4v) is 4.26. The summed E-state index contributed by atoms with van der Waals surface area (Å²) in [5.74, 6) is -1.39. The molecule has 1 heterocycles. The van der Waals surface area contributed by atoms with Crippen LogP contribution in [0, 0.1) is 5.41 Å². The van der Waals surface area contributed by atoms with E-state index in [1.807, 2.05) is 0 Å². The predicted molar refractivity (Wildman–Crippen MR) is 151 cm³/mol. The molecule has 0 aromatic carbocycles. The number of hydrogen-bond acceptors (Lipinski definition) is 10. The lowest BCUT2D eigenvalue weighted by Gasteiger charge is -2.28. The van der Waals surface area contributed by atoms with Gasteiger partial charge in [0.25, 0.3) is 5.91 Å². The van der Waals surface area contributed by atoms with Crippen molar-refractivity contribution < 1.29 is 48.7 Å². The average molecular weight is 587 g/mol. The van der Waals surface area contributed by atoms with E-state index in [1.54, 1.807) is 13.8 Å². The van der Waals surface area contributed by atoms with Crippen LogP contribution in [0.4, 0.5) is 4.79 Å². The minimum absolute atomic E-state index is 0.0444. The van der Waals surface area contributed by atoms with E-state index in [0.29, 0.717) is 6.29 Å². The summed E-state index contributed by atoms with van der Waals surface area (Å²) in [5.41, 5.74) is -0.901. The fourth-order valence-electron chi connectivity index (χ4n) is 4.26. The van der Waals surface area contributed by atoms with E-state index < -0.39 is 59.9 Å². The molecule has 41 heavy (non-hydrogen) atoms. The van der Waals surface area contributed by atoms with E-state index in [2.05, 4.69) is 17.6 Å². The molecule has 1 saturated heterocycles. The summed E-state index contributed by atoms with van der Waals surface area (Å²) < 4.78 is 15.5. The molecule has 1 aliphatic heterocycles. The molecule has 5 N–H and O–H groups in total. The summed E-state index contributed by atoms with van der Waals surface area (Å²) in [5, 5.41) is 36.1. The van der Waals surface area contributed by atoms with Crippen LogP contribution >= 0.6 is 0 Å². The highest BCUT2D eigenvalue weighted by atomic mass is 16.7. The highest BCUT2D eigenvalue weighted by Crippen LogP contribution is 2.17. The number of unbranched alkanes of at least 4 members (excludes halogenated alkanes) is 7. The van der Waals surface area contributed by atoms with Gasteiger partial charge in [0.05, 0.1) is 13.2 Å². The summed E-state index contributed by atoms with van der Waals surface area (Å²) >= 11 is 0. The third-order valence-corrected chi connectivity index (χ3v) is 6.94. The number of nitrogens with one attached hydrogen (secondary N) is 2. The summed E-state index contributed by atoms with van der Waals surface area (Å²) in [6.07, 6.45) is 4.19. The van der Waals surface area contributed by atoms with Gasteiger partial charge < -0.3 is 45.0 Å². The first-order chi connectivity index (χ1) is 19.4. The van der Waals surface area contributed by atoms with Gasteiger partial charge in [0.1, 0.15) is 36.7 Å². The highest BCUT2D eigenvalue weighted by Gasteiger charge is 2.37. The number of aliphatic hydroxyl groups excluding tert-OH is 3. The van der Waals surface area contributed by atoms with Gasteiger partial charge in [-0.15, -0.1) is 0 Å². The molecule has 12 heteroatoms. The van der Waals surface area contributed by atoms with Crippen LogP contribution in [0.15, 0.2) is 12.2 Å². The number of ether oxygens (including phenoxy) is 3. The Balaban J connectivity index is 2.50. The minimum Gasteiger partial charge on any atom is -0.434 e. The molecule has 0 unspecified atom stereocenters. The predicted octanol–water partition coefficient (Wildman–Crippen LogP) is 1.92. The lowest BCUT2D eigenvalue weighted by Crippen LogP contribution is -2.55. The minimum atomic E-state index is -1.85. The van der Waals surface area contributed by atoms with Gasteiger partial charge in [-0.3, -0.25) is 9.59 Å². The van der Waals surface area contributed by atoms with Crippen molar-refractivity contribution in [1.82, 2.24) is 10.6 Å². The van der Waals surface area contributed by atoms with Crippen molar-refractivity contribution in [2.75, 3.05) is 20.3 Å². The number of carbonyl (C=O) groups excluding carboxylic acids is 4. The van der Waals surface area contributed by atoms with Crippen molar-refractivity contribution in [2.45, 2.75) is 122 Å². The zero-order valence-corrected chi connectivity index (χ0v) is 24.9. The summed E-state index contributed by atoms with van der Waals surface area (Å²) in [4.78, 5) is 48.4. The Morgan fingerprint density at radius 2 is 1.68 bits per heavy atom. The van der Waals surface area contributed by atoms with Crippen LogP contribution in [-0.2, 0) is 28.6 Å². The van der Waals surface area contributed by atoms with Gasteiger partial charge >= 0.3 is 6.16 Å². The van der Waals surface area contributed by atoms with E-state index in [1.165, 1.54) is 38.2 Å². The Hall–Kier alpha value is -2.54. The first kappa shape index (κ1) is 36.5. The molecule has 0 aliphatic carbocycles. The number of allylic oxidation sites excluding steroid dienone is 1. The van der Waals surface area contributed by atoms with Crippen molar-refractivity contribution in [3.8, 4) is 0 Å². The largest absolute Gasteiger partial charge is 0.508 e. The average Bonchev–Trinajstić information content (AvgIpc) is 3.11. The second kappa shape index (κ2) is 19.6. The molecule has 2 amide bonds. The molecule has 6 atom stereocenters. The third kappa shape index (κ3) is 14.3. The smallest absolute Gasteiger partial charge is 0.434 e. The standard InChI is InChI=1S/C29H50N2O10/c1-5-6-7-8-9-10-11-12-17-40-28(38)41-20-13-14-21(26(36)30-18-20)31-27(37)25(39-4)24(35)23(34)22(33)15-16-29(2,3)19-32/h15-16,19-25,33-35H,5-14,17-18H2,1-4H3,(H,30,36)(H,31,37)/b16-15+/t20-,21+,22-,23+,24-,25-/m1/s1. The lowest BCUT2D eigenvalue weighted by molar-refractivity contribution is -0.150. The number of hydrogen-bond donors (Lipinski definition) is 5. The van der Waals surface area contributed by atoms with Gasteiger partial charge in [-0.05, 0) is 33.1 Å². The second-order valence-corrected chi connectivity index (χ2v) is 11.1. The molecule has 0 aromatic heterocycles. The highest BCUT2D eigenvalue weighted by molar-refractivity contribution is 5.89. The topological polar surface area (TPSA) is 181 Å². The molecule has 0 spiro atoms. The van der Waals surface area contributed by atoms with Crippen LogP contribution in [0.25, 0.3) is 0 Å². The van der Waals surface area contributed by atoms with E-state index >= 15 is 0 Å². The Labute approximate surface area is 243 Å². The first-order valence-corrected chi connectivity index (χ1v) is 14.6. The molecule has 12 nitrogen and oxygen atoms in total.